The molecule has 0 atom stereocenters. The summed E-state index contributed by atoms with van der Waals surface area (Å²) in [5.74, 6) is 10.00. The van der Waals surface area contributed by atoms with Crippen LogP contribution in [0.2, 0.25) is 0 Å². The zero-order chi connectivity index (χ0) is 19.5. The average molecular weight is 367 g/mol. The minimum Gasteiger partial charge on any atom is -0.294 e. The van der Waals surface area contributed by atoms with Gasteiger partial charge in [0.25, 0.3) is 5.91 Å². The third-order valence-electron chi connectivity index (χ3n) is 4.30. The third kappa shape index (κ3) is 14.7. The number of carbonyl (C=O) groups excluding carboxylic acids is 2. The molecule has 0 spiro atoms. The standard InChI is InChI=1S/C20H38N4O2/c1-2-3-4-5-6-7-9-12-15-18(20(26)24-22)16-13-10-8-11-14-17-19(25)23-21/h7,9,16H,2-6,8,10-15,17,21-22H2,1H3,(H,23,25)(H,24,26)/b9-7+,18-16-. The maximum atomic E-state index is 11.8. The Morgan fingerprint density at radius 2 is 1.42 bits per heavy atom. The van der Waals surface area contributed by atoms with Gasteiger partial charge in [-0.1, -0.05) is 57.3 Å². The van der Waals surface area contributed by atoms with Gasteiger partial charge in [-0.25, -0.2) is 11.7 Å². The van der Waals surface area contributed by atoms with Crippen LogP contribution in [0.3, 0.4) is 0 Å². The van der Waals surface area contributed by atoms with Crippen molar-refractivity contribution in [3.8, 4) is 0 Å². The van der Waals surface area contributed by atoms with E-state index in [0.29, 0.717) is 12.8 Å². The second-order valence-corrected chi connectivity index (χ2v) is 6.58. The van der Waals surface area contributed by atoms with Gasteiger partial charge in [-0.15, -0.1) is 0 Å². The highest BCUT2D eigenvalue weighted by molar-refractivity contribution is 5.92. The van der Waals surface area contributed by atoms with Crippen LogP contribution in [0.1, 0.15) is 90.4 Å². The van der Waals surface area contributed by atoms with Crippen molar-refractivity contribution in [3.63, 3.8) is 0 Å². The van der Waals surface area contributed by atoms with E-state index in [1.54, 1.807) is 0 Å². The van der Waals surface area contributed by atoms with E-state index >= 15 is 0 Å². The molecular weight excluding hydrogens is 328 g/mol. The van der Waals surface area contributed by atoms with Gasteiger partial charge in [0.05, 0.1) is 0 Å². The molecule has 150 valence electrons. The molecule has 0 aromatic carbocycles. The molecule has 0 aliphatic carbocycles. The molecule has 0 radical (unpaired) electrons. The topological polar surface area (TPSA) is 110 Å². The van der Waals surface area contributed by atoms with Crippen LogP contribution in [0.25, 0.3) is 0 Å². The van der Waals surface area contributed by atoms with Crippen LogP contribution >= 0.6 is 0 Å². The monoisotopic (exact) mass is 366 g/mol. The Morgan fingerprint density at radius 3 is 2.12 bits per heavy atom. The maximum Gasteiger partial charge on any atom is 0.260 e. The van der Waals surface area contributed by atoms with Crippen molar-refractivity contribution in [3.05, 3.63) is 23.8 Å². The van der Waals surface area contributed by atoms with Crippen LogP contribution in [0, 0.1) is 0 Å². The van der Waals surface area contributed by atoms with E-state index in [9.17, 15) is 9.59 Å². The lowest BCUT2D eigenvalue weighted by Gasteiger charge is -2.05. The molecule has 0 saturated carbocycles. The number of nitrogens with one attached hydrogen (secondary N) is 2. The van der Waals surface area contributed by atoms with Gasteiger partial charge >= 0.3 is 0 Å². The Balaban J connectivity index is 3.96. The Hall–Kier alpha value is -1.66. The zero-order valence-corrected chi connectivity index (χ0v) is 16.4. The summed E-state index contributed by atoms with van der Waals surface area (Å²) < 4.78 is 0. The Labute approximate surface area is 158 Å². The molecule has 0 aliphatic rings. The smallest absolute Gasteiger partial charge is 0.260 e. The molecular formula is C20H38N4O2. The Morgan fingerprint density at radius 1 is 0.769 bits per heavy atom. The average Bonchev–Trinajstić information content (AvgIpc) is 2.66. The molecule has 0 aromatic rings. The summed E-state index contributed by atoms with van der Waals surface area (Å²) in [4.78, 5) is 22.8. The number of allylic oxidation sites excluding steroid dienone is 3. The van der Waals surface area contributed by atoms with E-state index < -0.39 is 0 Å². The fourth-order valence-electron chi connectivity index (χ4n) is 2.70. The van der Waals surface area contributed by atoms with Crippen LogP contribution in [-0.4, -0.2) is 11.8 Å². The van der Waals surface area contributed by atoms with Crippen LogP contribution in [-0.2, 0) is 9.59 Å². The lowest BCUT2D eigenvalue weighted by Crippen LogP contribution is -2.31. The number of amides is 2. The molecule has 0 saturated heterocycles. The third-order valence-corrected chi connectivity index (χ3v) is 4.30. The van der Waals surface area contributed by atoms with Crippen LogP contribution in [0.5, 0.6) is 0 Å². The number of unbranched alkanes of at least 4 members (excludes halogenated alkanes) is 8. The zero-order valence-electron chi connectivity index (χ0n) is 16.4. The SMILES string of the molecule is CCCCCC/C=C/CC/C(=C/CCCCCCC(=O)NN)C(=O)NN. The van der Waals surface area contributed by atoms with E-state index in [-0.39, 0.29) is 11.8 Å². The van der Waals surface area contributed by atoms with E-state index in [0.717, 1.165) is 50.5 Å². The molecule has 0 fully saturated rings. The lowest BCUT2D eigenvalue weighted by molar-refractivity contribution is -0.121. The quantitative estimate of drug-likeness (QED) is 0.0836. The first-order valence-corrected chi connectivity index (χ1v) is 10.00. The predicted octanol–water partition coefficient (Wildman–Crippen LogP) is 3.54. The van der Waals surface area contributed by atoms with Gasteiger partial charge in [-0.05, 0) is 44.9 Å². The largest absolute Gasteiger partial charge is 0.294 e. The fourth-order valence-corrected chi connectivity index (χ4v) is 2.70. The summed E-state index contributed by atoms with van der Waals surface area (Å²) in [7, 11) is 0. The second-order valence-electron chi connectivity index (χ2n) is 6.58. The number of carbonyl (C=O) groups is 2. The fraction of sp³-hybridized carbons (Fsp3) is 0.700. The molecule has 0 aliphatic heterocycles. The molecule has 0 bridgehead atoms. The lowest BCUT2D eigenvalue weighted by atomic mass is 10.0. The van der Waals surface area contributed by atoms with E-state index in [4.69, 9.17) is 11.7 Å². The number of hydrazine groups is 2. The molecule has 26 heavy (non-hydrogen) atoms. The number of hydrogen-bond acceptors (Lipinski definition) is 4. The van der Waals surface area contributed by atoms with Crippen LogP contribution < -0.4 is 22.5 Å². The molecule has 6 heteroatoms. The number of rotatable bonds is 16. The first-order chi connectivity index (χ1) is 12.7. The van der Waals surface area contributed by atoms with Crippen molar-refractivity contribution in [1.29, 1.82) is 0 Å². The molecule has 0 heterocycles. The first-order valence-electron chi connectivity index (χ1n) is 10.00. The van der Waals surface area contributed by atoms with Gasteiger partial charge in [0.1, 0.15) is 0 Å². The minimum absolute atomic E-state index is 0.120. The molecule has 0 unspecified atom stereocenters. The second kappa shape index (κ2) is 18.1. The normalized spacial score (nSPS) is 11.7. The maximum absolute atomic E-state index is 11.8. The van der Waals surface area contributed by atoms with Gasteiger partial charge in [0.15, 0.2) is 0 Å². The van der Waals surface area contributed by atoms with Gasteiger partial charge in [0, 0.05) is 12.0 Å². The molecule has 0 aromatic heterocycles. The highest BCUT2D eigenvalue weighted by Gasteiger charge is 2.06. The highest BCUT2D eigenvalue weighted by atomic mass is 16.2. The Kier molecular flexibility index (Phi) is 17.0. The summed E-state index contributed by atoms with van der Waals surface area (Å²) in [6.07, 6.45) is 19.3. The minimum atomic E-state index is -0.194. The van der Waals surface area contributed by atoms with Crippen molar-refractivity contribution in [2.24, 2.45) is 11.7 Å². The molecule has 6 nitrogen and oxygen atoms in total. The Bertz CT molecular complexity index is 434. The van der Waals surface area contributed by atoms with Crippen molar-refractivity contribution < 1.29 is 9.59 Å². The number of hydrogen-bond donors (Lipinski definition) is 4. The van der Waals surface area contributed by atoms with Crippen molar-refractivity contribution in [2.45, 2.75) is 90.4 Å². The summed E-state index contributed by atoms with van der Waals surface area (Å²) in [6.45, 7) is 2.21. The summed E-state index contributed by atoms with van der Waals surface area (Å²) in [5, 5.41) is 0. The van der Waals surface area contributed by atoms with Crippen molar-refractivity contribution in [2.75, 3.05) is 0 Å². The summed E-state index contributed by atoms with van der Waals surface area (Å²) in [5.41, 5.74) is 5.12. The van der Waals surface area contributed by atoms with Crippen LogP contribution in [0.15, 0.2) is 23.8 Å². The van der Waals surface area contributed by atoms with Gasteiger partial charge in [0.2, 0.25) is 5.91 Å². The molecule has 0 rings (SSSR count). The first kappa shape index (κ1) is 24.3. The van der Waals surface area contributed by atoms with Gasteiger partial charge < -0.3 is 0 Å². The highest BCUT2D eigenvalue weighted by Crippen LogP contribution is 2.12. The van der Waals surface area contributed by atoms with Crippen LogP contribution in [0.4, 0.5) is 0 Å². The number of nitrogens with two attached hydrogens (primary N) is 2. The molecule has 2 amide bonds. The van der Waals surface area contributed by atoms with Crippen molar-refractivity contribution in [1.82, 2.24) is 10.9 Å². The summed E-state index contributed by atoms with van der Waals surface area (Å²) >= 11 is 0. The molecule has 6 N–H and O–H groups in total. The van der Waals surface area contributed by atoms with Crippen molar-refractivity contribution >= 4 is 11.8 Å². The van der Waals surface area contributed by atoms with E-state index in [1.165, 1.54) is 25.7 Å². The predicted molar refractivity (Wildman–Crippen MR) is 108 cm³/mol. The van der Waals surface area contributed by atoms with Gasteiger partial charge in [-0.3, -0.25) is 20.4 Å². The van der Waals surface area contributed by atoms with Gasteiger partial charge in [-0.2, -0.15) is 0 Å². The van der Waals surface area contributed by atoms with E-state index in [2.05, 4.69) is 29.9 Å². The van der Waals surface area contributed by atoms with E-state index in [1.807, 2.05) is 6.08 Å². The summed E-state index contributed by atoms with van der Waals surface area (Å²) in [6, 6.07) is 0.